The van der Waals surface area contributed by atoms with Gasteiger partial charge in [-0.15, -0.1) is 0 Å². The van der Waals surface area contributed by atoms with Crippen molar-refractivity contribution in [3.63, 3.8) is 0 Å². The Bertz CT molecular complexity index is 1230. The molecule has 2 aliphatic heterocycles. The minimum absolute atomic E-state index is 0.0459. The first-order valence-electron chi connectivity index (χ1n) is 11.0. The molecule has 33 heavy (non-hydrogen) atoms. The molecule has 5 rings (SSSR count). The summed E-state index contributed by atoms with van der Waals surface area (Å²) in [5.74, 6) is 2.15. The van der Waals surface area contributed by atoms with Gasteiger partial charge in [-0.2, -0.15) is 0 Å². The third-order valence-electron chi connectivity index (χ3n) is 6.12. The lowest BCUT2D eigenvalue weighted by atomic mass is 10.0. The van der Waals surface area contributed by atoms with Crippen molar-refractivity contribution < 1.29 is 17.9 Å². The summed E-state index contributed by atoms with van der Waals surface area (Å²) in [6, 6.07) is 14.8. The molecule has 1 N–H and O–H groups in total. The minimum Gasteiger partial charge on any atom is -0.486 e. The topological polar surface area (TPSA) is 93.7 Å². The van der Waals surface area contributed by atoms with E-state index in [9.17, 15) is 8.42 Å². The predicted octanol–water partition coefficient (Wildman–Crippen LogP) is 3.16. The molecule has 2 aromatic carbocycles. The quantitative estimate of drug-likeness (QED) is 0.596. The second-order valence-corrected chi connectivity index (χ2v) is 10.1. The molecule has 3 heterocycles. The minimum atomic E-state index is -3.55. The van der Waals surface area contributed by atoms with E-state index in [1.807, 2.05) is 18.2 Å². The molecule has 0 spiro atoms. The number of nitrogens with zero attached hydrogens (tertiary/aromatic N) is 3. The van der Waals surface area contributed by atoms with Crippen molar-refractivity contribution >= 4 is 10.0 Å². The molecule has 0 unspecified atom stereocenters. The van der Waals surface area contributed by atoms with Crippen LogP contribution in [0.4, 0.5) is 0 Å². The SMILES string of the molecule is CNS(=O)(=O)c1cnc(-c2ccc(CN3CCC[C@@H]3c3ccc4c(c3)OCCO4)cc2)nc1. The van der Waals surface area contributed by atoms with E-state index in [1.54, 1.807) is 0 Å². The van der Waals surface area contributed by atoms with Gasteiger partial charge in [0.25, 0.3) is 0 Å². The van der Waals surface area contributed by atoms with Gasteiger partial charge < -0.3 is 9.47 Å². The lowest BCUT2D eigenvalue weighted by Gasteiger charge is -2.26. The van der Waals surface area contributed by atoms with E-state index in [2.05, 4.69) is 43.9 Å². The van der Waals surface area contributed by atoms with Crippen LogP contribution in [0.2, 0.25) is 0 Å². The normalized spacial score (nSPS) is 18.4. The number of ether oxygens (including phenoxy) is 2. The number of aromatic nitrogens is 2. The van der Waals surface area contributed by atoms with Crippen LogP contribution < -0.4 is 14.2 Å². The summed E-state index contributed by atoms with van der Waals surface area (Å²) in [6.07, 6.45) is 4.93. The maximum Gasteiger partial charge on any atom is 0.243 e. The molecular formula is C24H26N4O4S. The third-order valence-corrected chi connectivity index (χ3v) is 7.49. The van der Waals surface area contributed by atoms with Gasteiger partial charge >= 0.3 is 0 Å². The second kappa shape index (κ2) is 9.09. The molecular weight excluding hydrogens is 440 g/mol. The van der Waals surface area contributed by atoms with E-state index in [-0.39, 0.29) is 4.90 Å². The van der Waals surface area contributed by atoms with Crippen LogP contribution in [0.5, 0.6) is 11.5 Å². The second-order valence-electron chi connectivity index (χ2n) is 8.18. The number of likely N-dealkylation sites (tertiary alicyclic amines) is 1. The molecule has 1 saturated heterocycles. The maximum atomic E-state index is 11.8. The van der Waals surface area contributed by atoms with Crippen LogP contribution in [-0.2, 0) is 16.6 Å². The van der Waals surface area contributed by atoms with Gasteiger partial charge in [0.1, 0.15) is 18.1 Å². The lowest BCUT2D eigenvalue weighted by Crippen LogP contribution is -2.23. The Labute approximate surface area is 193 Å². The molecule has 0 aliphatic carbocycles. The highest BCUT2D eigenvalue weighted by atomic mass is 32.2. The molecule has 8 nitrogen and oxygen atoms in total. The van der Waals surface area contributed by atoms with Crippen molar-refractivity contribution in [3.05, 3.63) is 66.0 Å². The maximum absolute atomic E-state index is 11.8. The van der Waals surface area contributed by atoms with Crippen molar-refractivity contribution in [2.45, 2.75) is 30.3 Å². The highest BCUT2D eigenvalue weighted by Crippen LogP contribution is 2.38. The average Bonchev–Trinajstić information content (AvgIpc) is 3.32. The molecule has 1 aromatic heterocycles. The van der Waals surface area contributed by atoms with E-state index >= 15 is 0 Å². The molecule has 0 bridgehead atoms. The molecule has 1 fully saturated rings. The molecule has 1 atom stereocenters. The summed E-state index contributed by atoms with van der Waals surface area (Å²) in [4.78, 5) is 11.0. The highest BCUT2D eigenvalue weighted by Gasteiger charge is 2.27. The summed E-state index contributed by atoms with van der Waals surface area (Å²) >= 11 is 0. The van der Waals surface area contributed by atoms with Crippen molar-refractivity contribution in [2.75, 3.05) is 26.8 Å². The van der Waals surface area contributed by atoms with E-state index in [1.165, 1.54) is 30.6 Å². The van der Waals surface area contributed by atoms with E-state index in [4.69, 9.17) is 9.47 Å². The van der Waals surface area contributed by atoms with Crippen LogP contribution >= 0.6 is 0 Å². The zero-order valence-corrected chi connectivity index (χ0v) is 19.2. The Kier molecular flexibility index (Phi) is 6.01. The molecule has 0 saturated carbocycles. The monoisotopic (exact) mass is 466 g/mol. The highest BCUT2D eigenvalue weighted by molar-refractivity contribution is 7.89. The number of nitrogens with one attached hydrogen (secondary N) is 1. The zero-order chi connectivity index (χ0) is 22.8. The molecule has 0 radical (unpaired) electrons. The Morgan fingerprint density at radius 3 is 2.48 bits per heavy atom. The standard InChI is InChI=1S/C24H26N4O4S/c1-25-33(29,30)20-14-26-24(27-15-20)18-6-4-17(5-7-18)16-28-10-2-3-21(28)19-8-9-22-23(13-19)32-12-11-31-22/h4-9,13-15,21,25H,2-3,10-12,16H2,1H3/t21-/m1/s1. The van der Waals surface area contributed by atoms with Crippen molar-refractivity contribution in [2.24, 2.45) is 0 Å². The zero-order valence-electron chi connectivity index (χ0n) is 18.4. The largest absolute Gasteiger partial charge is 0.486 e. The van der Waals surface area contributed by atoms with Gasteiger partial charge in [-0.05, 0) is 49.7 Å². The fourth-order valence-electron chi connectivity index (χ4n) is 4.38. The summed E-state index contributed by atoms with van der Waals surface area (Å²) in [5.41, 5.74) is 3.31. The Balaban J connectivity index is 1.29. The number of fused-ring (bicyclic) bond motifs is 1. The molecule has 172 valence electrons. The van der Waals surface area contributed by atoms with Gasteiger partial charge in [-0.3, -0.25) is 4.90 Å². The van der Waals surface area contributed by atoms with Crippen molar-refractivity contribution in [3.8, 4) is 22.9 Å². The van der Waals surface area contributed by atoms with E-state index < -0.39 is 10.0 Å². The molecule has 3 aromatic rings. The van der Waals surface area contributed by atoms with Gasteiger partial charge in [0, 0.05) is 18.2 Å². The average molecular weight is 467 g/mol. The number of sulfonamides is 1. The smallest absolute Gasteiger partial charge is 0.243 e. The van der Waals surface area contributed by atoms with Gasteiger partial charge in [-0.25, -0.2) is 23.1 Å². The Hall–Kier alpha value is -3.01. The Morgan fingerprint density at radius 1 is 1.03 bits per heavy atom. The van der Waals surface area contributed by atoms with Crippen LogP contribution in [0.1, 0.15) is 30.0 Å². The number of benzene rings is 2. The number of rotatable bonds is 6. The van der Waals surface area contributed by atoms with Crippen LogP contribution in [0.15, 0.2) is 59.8 Å². The number of hydrogen-bond acceptors (Lipinski definition) is 7. The van der Waals surface area contributed by atoms with Gasteiger partial charge in [-0.1, -0.05) is 30.3 Å². The fourth-order valence-corrected chi connectivity index (χ4v) is 4.99. The first-order chi connectivity index (χ1) is 16.0. The summed E-state index contributed by atoms with van der Waals surface area (Å²) in [6.45, 7) is 3.09. The van der Waals surface area contributed by atoms with Crippen LogP contribution in [-0.4, -0.2) is 50.1 Å². The van der Waals surface area contributed by atoms with Crippen LogP contribution in [0.25, 0.3) is 11.4 Å². The molecule has 2 aliphatic rings. The van der Waals surface area contributed by atoms with Gasteiger partial charge in [0.2, 0.25) is 10.0 Å². The van der Waals surface area contributed by atoms with Crippen molar-refractivity contribution in [1.82, 2.24) is 19.6 Å². The van der Waals surface area contributed by atoms with E-state index in [0.29, 0.717) is 25.1 Å². The van der Waals surface area contributed by atoms with Crippen LogP contribution in [0.3, 0.4) is 0 Å². The van der Waals surface area contributed by atoms with Crippen molar-refractivity contribution in [1.29, 1.82) is 0 Å². The van der Waals surface area contributed by atoms with Gasteiger partial charge in [0.15, 0.2) is 17.3 Å². The number of hydrogen-bond donors (Lipinski definition) is 1. The summed E-state index contributed by atoms with van der Waals surface area (Å²) in [7, 11) is -2.18. The Morgan fingerprint density at radius 2 is 1.76 bits per heavy atom. The molecule has 0 amide bonds. The van der Waals surface area contributed by atoms with E-state index in [0.717, 1.165) is 43.0 Å². The van der Waals surface area contributed by atoms with Gasteiger partial charge in [0.05, 0.1) is 12.4 Å². The molecule has 9 heteroatoms. The third kappa shape index (κ3) is 4.57. The summed E-state index contributed by atoms with van der Waals surface area (Å²) < 4.78 is 37.4. The first kappa shape index (κ1) is 21.8. The first-order valence-corrected chi connectivity index (χ1v) is 12.5. The fraction of sp³-hybridized carbons (Fsp3) is 0.333. The lowest BCUT2D eigenvalue weighted by molar-refractivity contribution is 0.170. The summed E-state index contributed by atoms with van der Waals surface area (Å²) in [5, 5.41) is 0. The van der Waals surface area contributed by atoms with Crippen LogP contribution in [0, 0.1) is 0 Å². The predicted molar refractivity (Wildman–Crippen MR) is 124 cm³/mol.